The minimum Gasteiger partial charge on any atom is -0.465 e. The monoisotopic (exact) mass is 256 g/mol. The molecule has 8 heteroatoms. The summed E-state index contributed by atoms with van der Waals surface area (Å²) in [6, 6.07) is 0. The number of fused-ring (bicyclic) bond motifs is 1. The van der Waals surface area contributed by atoms with Gasteiger partial charge in [0, 0.05) is 11.5 Å². The van der Waals surface area contributed by atoms with E-state index < -0.39 is 23.6 Å². The summed E-state index contributed by atoms with van der Waals surface area (Å²) < 4.78 is 11.6. The van der Waals surface area contributed by atoms with Crippen LogP contribution in [0.2, 0.25) is 0 Å². The Kier molecular flexibility index (Phi) is 3.10. The van der Waals surface area contributed by atoms with Crippen LogP contribution in [-0.2, 0) is 9.47 Å². The Morgan fingerprint density at radius 2 is 2.39 bits per heavy atom. The highest BCUT2D eigenvalue weighted by atomic mass is 16.8. The maximum atomic E-state index is 11.0. The molecule has 0 aliphatic carbocycles. The van der Waals surface area contributed by atoms with Crippen LogP contribution >= 0.6 is 0 Å². The van der Waals surface area contributed by atoms with Gasteiger partial charge in [-0.15, -0.1) is 0 Å². The lowest BCUT2D eigenvalue weighted by molar-refractivity contribution is -0.161. The number of carbonyl (C=O) groups is 1. The Balaban J connectivity index is 2.20. The molecule has 0 spiro atoms. The first-order valence-corrected chi connectivity index (χ1v) is 5.75. The molecular formula is C10H16N4O4. The van der Waals surface area contributed by atoms with E-state index in [0.717, 1.165) is 0 Å². The summed E-state index contributed by atoms with van der Waals surface area (Å²) in [5.41, 5.74) is 7.73. The highest BCUT2D eigenvalue weighted by molar-refractivity contribution is 5.65. The predicted octanol–water partition coefficient (Wildman–Crippen LogP) is 1.57. The lowest BCUT2D eigenvalue weighted by Crippen LogP contribution is -2.56. The quantitative estimate of drug-likeness (QED) is 0.459. The van der Waals surface area contributed by atoms with Crippen molar-refractivity contribution in [1.82, 2.24) is 4.90 Å². The van der Waals surface area contributed by atoms with E-state index in [4.69, 9.17) is 20.1 Å². The molecule has 18 heavy (non-hydrogen) atoms. The molecule has 1 N–H and O–H groups in total. The molecule has 0 bridgehead atoms. The third-order valence-electron chi connectivity index (χ3n) is 3.33. The number of piperidine rings is 1. The van der Waals surface area contributed by atoms with Crippen LogP contribution < -0.4 is 0 Å². The van der Waals surface area contributed by atoms with Crippen molar-refractivity contribution in [3.8, 4) is 0 Å². The third-order valence-corrected chi connectivity index (χ3v) is 3.33. The van der Waals surface area contributed by atoms with Gasteiger partial charge in [-0.25, -0.2) is 4.79 Å². The second-order valence-electron chi connectivity index (χ2n) is 5.04. The van der Waals surface area contributed by atoms with Gasteiger partial charge < -0.3 is 19.5 Å². The van der Waals surface area contributed by atoms with Gasteiger partial charge in [0.25, 0.3) is 0 Å². The number of rotatable bonds is 2. The van der Waals surface area contributed by atoms with Crippen LogP contribution in [0, 0.1) is 0 Å². The van der Waals surface area contributed by atoms with Crippen molar-refractivity contribution in [3.05, 3.63) is 10.4 Å². The van der Waals surface area contributed by atoms with Crippen molar-refractivity contribution in [2.45, 2.75) is 37.8 Å². The van der Waals surface area contributed by atoms with E-state index in [2.05, 4.69) is 10.0 Å². The molecule has 2 fully saturated rings. The molecule has 100 valence electrons. The van der Waals surface area contributed by atoms with Crippen LogP contribution in [0.3, 0.4) is 0 Å². The number of hydrogen-bond donors (Lipinski definition) is 1. The van der Waals surface area contributed by atoms with Crippen LogP contribution in [0.4, 0.5) is 4.79 Å². The standard InChI is InChI=1S/C10H16N4O4/c1-9(2)17-7-5-14(8(15)16)4-3-10(7,18-9)6-12-13-11/h7H,3-6H2,1-2H3,(H,15,16). The maximum Gasteiger partial charge on any atom is 0.407 e. The fourth-order valence-electron chi connectivity index (χ4n) is 2.60. The zero-order chi connectivity index (χ0) is 13.4. The van der Waals surface area contributed by atoms with E-state index in [1.807, 2.05) is 0 Å². The molecule has 0 aromatic rings. The molecule has 2 heterocycles. The summed E-state index contributed by atoms with van der Waals surface area (Å²) in [4.78, 5) is 15.0. The molecule has 0 radical (unpaired) electrons. The Morgan fingerprint density at radius 1 is 1.67 bits per heavy atom. The number of carboxylic acid groups (broad SMARTS) is 1. The lowest BCUT2D eigenvalue weighted by Gasteiger charge is -2.39. The molecule has 8 nitrogen and oxygen atoms in total. The Labute approximate surface area is 104 Å². The van der Waals surface area contributed by atoms with Gasteiger partial charge in [0.2, 0.25) is 0 Å². The van der Waals surface area contributed by atoms with Crippen molar-refractivity contribution >= 4 is 6.09 Å². The minimum absolute atomic E-state index is 0.158. The zero-order valence-corrected chi connectivity index (χ0v) is 10.4. The van der Waals surface area contributed by atoms with Gasteiger partial charge in [-0.3, -0.25) is 0 Å². The summed E-state index contributed by atoms with van der Waals surface area (Å²) in [5.74, 6) is -0.788. The predicted molar refractivity (Wildman–Crippen MR) is 61.0 cm³/mol. The fraction of sp³-hybridized carbons (Fsp3) is 0.900. The van der Waals surface area contributed by atoms with Crippen LogP contribution in [0.15, 0.2) is 5.11 Å². The largest absolute Gasteiger partial charge is 0.465 e. The van der Waals surface area contributed by atoms with E-state index in [0.29, 0.717) is 13.0 Å². The SMILES string of the molecule is CC1(C)OC2CN(C(=O)O)CCC2(CN=[N+]=[N-])O1. The first-order valence-electron chi connectivity index (χ1n) is 5.75. The molecule has 2 saturated heterocycles. The summed E-state index contributed by atoms with van der Waals surface area (Å²) in [6.07, 6.45) is -0.907. The molecule has 2 unspecified atom stereocenters. The number of likely N-dealkylation sites (tertiary alicyclic amines) is 1. The van der Waals surface area contributed by atoms with Gasteiger partial charge in [0.05, 0.1) is 13.1 Å². The van der Waals surface area contributed by atoms with E-state index >= 15 is 0 Å². The van der Waals surface area contributed by atoms with Crippen LogP contribution in [0.25, 0.3) is 10.4 Å². The third kappa shape index (κ3) is 2.22. The summed E-state index contributed by atoms with van der Waals surface area (Å²) in [5, 5.41) is 12.6. The second-order valence-corrected chi connectivity index (χ2v) is 5.04. The zero-order valence-electron chi connectivity index (χ0n) is 10.4. The average Bonchev–Trinajstić information content (AvgIpc) is 2.55. The lowest BCUT2D eigenvalue weighted by atomic mass is 9.89. The fourth-order valence-corrected chi connectivity index (χ4v) is 2.60. The summed E-state index contributed by atoms with van der Waals surface area (Å²) in [6.45, 7) is 4.29. The molecule has 0 saturated carbocycles. The van der Waals surface area contributed by atoms with Crippen molar-refractivity contribution in [2.24, 2.45) is 5.11 Å². The highest BCUT2D eigenvalue weighted by Gasteiger charge is 2.55. The van der Waals surface area contributed by atoms with Gasteiger partial charge in [0.1, 0.15) is 11.7 Å². The van der Waals surface area contributed by atoms with Gasteiger partial charge in [-0.05, 0) is 25.8 Å². The van der Waals surface area contributed by atoms with Gasteiger partial charge in [-0.2, -0.15) is 0 Å². The van der Waals surface area contributed by atoms with E-state index in [1.54, 1.807) is 13.8 Å². The average molecular weight is 256 g/mol. The molecule has 2 aliphatic heterocycles. The van der Waals surface area contributed by atoms with Crippen molar-refractivity contribution in [2.75, 3.05) is 19.6 Å². The number of ether oxygens (including phenoxy) is 2. The smallest absolute Gasteiger partial charge is 0.407 e. The first-order chi connectivity index (χ1) is 8.38. The van der Waals surface area contributed by atoms with E-state index in [-0.39, 0.29) is 13.1 Å². The molecule has 0 aromatic heterocycles. The number of amides is 1. The second kappa shape index (κ2) is 4.31. The van der Waals surface area contributed by atoms with Gasteiger partial charge in [-0.1, -0.05) is 5.11 Å². The van der Waals surface area contributed by atoms with Crippen molar-refractivity contribution in [3.63, 3.8) is 0 Å². The topological polar surface area (TPSA) is 108 Å². The number of nitrogens with zero attached hydrogens (tertiary/aromatic N) is 4. The van der Waals surface area contributed by atoms with Gasteiger partial charge in [0.15, 0.2) is 5.79 Å². The van der Waals surface area contributed by atoms with Crippen LogP contribution in [-0.4, -0.2) is 53.2 Å². The minimum atomic E-state index is -0.972. The Morgan fingerprint density at radius 3 is 3.00 bits per heavy atom. The Bertz CT molecular complexity index is 407. The highest BCUT2D eigenvalue weighted by Crippen LogP contribution is 2.41. The van der Waals surface area contributed by atoms with E-state index in [9.17, 15) is 4.79 Å². The summed E-state index contributed by atoms with van der Waals surface area (Å²) in [7, 11) is 0. The molecule has 2 aliphatic rings. The molecule has 1 amide bonds. The first kappa shape index (κ1) is 12.9. The van der Waals surface area contributed by atoms with E-state index in [1.165, 1.54) is 4.90 Å². The normalized spacial score (nSPS) is 33.7. The van der Waals surface area contributed by atoms with Crippen molar-refractivity contribution < 1.29 is 19.4 Å². The Hall–Kier alpha value is -1.50. The molecular weight excluding hydrogens is 240 g/mol. The summed E-state index contributed by atoms with van der Waals surface area (Å²) >= 11 is 0. The number of azide groups is 1. The van der Waals surface area contributed by atoms with Crippen molar-refractivity contribution in [1.29, 1.82) is 0 Å². The number of hydrogen-bond acceptors (Lipinski definition) is 4. The van der Waals surface area contributed by atoms with Crippen LogP contribution in [0.1, 0.15) is 20.3 Å². The molecule has 2 atom stereocenters. The van der Waals surface area contributed by atoms with Gasteiger partial charge >= 0.3 is 6.09 Å². The maximum absolute atomic E-state index is 11.0. The van der Waals surface area contributed by atoms with Crippen LogP contribution in [0.5, 0.6) is 0 Å². The molecule has 0 aromatic carbocycles. The molecule has 2 rings (SSSR count).